The number of anilines is 1. The predicted octanol–water partition coefficient (Wildman–Crippen LogP) is 3.78. The van der Waals surface area contributed by atoms with E-state index in [2.05, 4.69) is 10.3 Å². The SMILES string of the molecule is CC(=O)Nc1ccc(/C=C2/N=C(c3ccc(OC(C)C)cc3)OC2=O)cc1. The fraction of sp³-hybridized carbons (Fsp3) is 0.190. The minimum Gasteiger partial charge on any atom is -0.491 e. The maximum atomic E-state index is 12.1. The van der Waals surface area contributed by atoms with Crippen molar-refractivity contribution in [1.82, 2.24) is 0 Å². The van der Waals surface area contributed by atoms with Crippen LogP contribution in [0.5, 0.6) is 5.75 Å². The number of ether oxygens (including phenoxy) is 2. The van der Waals surface area contributed by atoms with Gasteiger partial charge in [-0.2, -0.15) is 0 Å². The Morgan fingerprint density at radius 1 is 1.11 bits per heavy atom. The van der Waals surface area contributed by atoms with Gasteiger partial charge in [0.05, 0.1) is 6.10 Å². The molecular formula is C21H20N2O4. The van der Waals surface area contributed by atoms with Crippen LogP contribution in [0, 0.1) is 0 Å². The molecule has 2 aromatic carbocycles. The summed E-state index contributed by atoms with van der Waals surface area (Å²) >= 11 is 0. The van der Waals surface area contributed by atoms with E-state index in [1.807, 2.05) is 26.0 Å². The van der Waals surface area contributed by atoms with Crippen LogP contribution >= 0.6 is 0 Å². The minimum absolute atomic E-state index is 0.0871. The summed E-state index contributed by atoms with van der Waals surface area (Å²) in [6.07, 6.45) is 1.73. The number of benzene rings is 2. The quantitative estimate of drug-likeness (QED) is 0.647. The van der Waals surface area contributed by atoms with E-state index in [-0.39, 0.29) is 23.6 Å². The zero-order valence-corrected chi connectivity index (χ0v) is 15.4. The zero-order chi connectivity index (χ0) is 19.4. The van der Waals surface area contributed by atoms with E-state index in [0.29, 0.717) is 11.3 Å². The van der Waals surface area contributed by atoms with E-state index in [1.54, 1.807) is 42.5 Å². The fourth-order valence-corrected chi connectivity index (χ4v) is 2.50. The van der Waals surface area contributed by atoms with Gasteiger partial charge >= 0.3 is 5.97 Å². The summed E-state index contributed by atoms with van der Waals surface area (Å²) in [5, 5.41) is 2.69. The average Bonchev–Trinajstić information content (AvgIpc) is 2.97. The number of esters is 1. The molecule has 0 aromatic heterocycles. The highest BCUT2D eigenvalue weighted by Crippen LogP contribution is 2.22. The molecule has 6 heteroatoms. The lowest BCUT2D eigenvalue weighted by atomic mass is 10.1. The van der Waals surface area contributed by atoms with Gasteiger partial charge in [0.1, 0.15) is 5.75 Å². The monoisotopic (exact) mass is 364 g/mol. The van der Waals surface area contributed by atoms with E-state index in [9.17, 15) is 9.59 Å². The highest BCUT2D eigenvalue weighted by molar-refractivity contribution is 6.12. The fourth-order valence-electron chi connectivity index (χ4n) is 2.50. The van der Waals surface area contributed by atoms with Crippen LogP contribution in [0.25, 0.3) is 6.08 Å². The van der Waals surface area contributed by atoms with Crippen molar-refractivity contribution in [2.24, 2.45) is 4.99 Å². The molecule has 0 radical (unpaired) electrons. The molecule has 0 saturated heterocycles. The number of nitrogens with zero attached hydrogens (tertiary/aromatic N) is 1. The predicted molar refractivity (Wildman–Crippen MR) is 104 cm³/mol. The van der Waals surface area contributed by atoms with Gasteiger partial charge in [0.15, 0.2) is 5.70 Å². The average molecular weight is 364 g/mol. The van der Waals surface area contributed by atoms with Gasteiger partial charge < -0.3 is 14.8 Å². The molecule has 1 aliphatic heterocycles. The molecule has 1 aliphatic rings. The Kier molecular flexibility index (Phi) is 5.35. The van der Waals surface area contributed by atoms with Crippen LogP contribution in [0.3, 0.4) is 0 Å². The second-order valence-corrected chi connectivity index (χ2v) is 6.33. The molecule has 3 rings (SSSR count). The molecule has 0 atom stereocenters. The summed E-state index contributed by atoms with van der Waals surface area (Å²) < 4.78 is 10.9. The number of hydrogen-bond acceptors (Lipinski definition) is 5. The minimum atomic E-state index is -0.501. The molecule has 2 aromatic rings. The van der Waals surface area contributed by atoms with Crippen LogP contribution in [-0.4, -0.2) is 23.9 Å². The first-order chi connectivity index (χ1) is 12.9. The number of rotatable bonds is 5. The summed E-state index contributed by atoms with van der Waals surface area (Å²) in [5.74, 6) is 0.365. The van der Waals surface area contributed by atoms with Gasteiger partial charge in [-0.05, 0) is 61.9 Å². The molecule has 0 bridgehead atoms. The van der Waals surface area contributed by atoms with Gasteiger partial charge in [-0.15, -0.1) is 0 Å². The molecule has 27 heavy (non-hydrogen) atoms. The normalized spacial score (nSPS) is 14.9. The number of carbonyl (C=O) groups excluding carboxylic acids is 2. The summed E-state index contributed by atoms with van der Waals surface area (Å²) in [7, 11) is 0. The molecular weight excluding hydrogens is 344 g/mol. The number of cyclic esters (lactones) is 1. The number of aliphatic imine (C=N–C) groups is 1. The van der Waals surface area contributed by atoms with Crippen molar-refractivity contribution in [1.29, 1.82) is 0 Å². The smallest absolute Gasteiger partial charge is 0.363 e. The van der Waals surface area contributed by atoms with Gasteiger partial charge in [0.2, 0.25) is 11.8 Å². The Morgan fingerprint density at radius 2 is 1.78 bits per heavy atom. The molecule has 1 heterocycles. The molecule has 1 amide bonds. The third-order valence-corrected chi connectivity index (χ3v) is 3.63. The van der Waals surface area contributed by atoms with Gasteiger partial charge in [-0.1, -0.05) is 12.1 Å². The van der Waals surface area contributed by atoms with Crippen molar-refractivity contribution in [3.8, 4) is 5.75 Å². The van der Waals surface area contributed by atoms with Crippen molar-refractivity contribution < 1.29 is 19.1 Å². The second kappa shape index (κ2) is 7.86. The highest BCUT2D eigenvalue weighted by atomic mass is 16.6. The summed E-state index contributed by atoms with van der Waals surface area (Å²) in [6.45, 7) is 5.36. The molecule has 0 saturated carbocycles. The Balaban J connectivity index is 1.77. The maximum Gasteiger partial charge on any atom is 0.363 e. The molecule has 6 nitrogen and oxygen atoms in total. The number of nitrogens with one attached hydrogen (secondary N) is 1. The third kappa shape index (κ3) is 4.82. The maximum absolute atomic E-state index is 12.1. The summed E-state index contributed by atoms with van der Waals surface area (Å²) in [5.41, 5.74) is 2.39. The molecule has 0 aliphatic carbocycles. The van der Waals surface area contributed by atoms with Crippen LogP contribution in [0.1, 0.15) is 31.9 Å². The second-order valence-electron chi connectivity index (χ2n) is 6.33. The van der Waals surface area contributed by atoms with Gasteiger partial charge in [0.25, 0.3) is 0 Å². The topological polar surface area (TPSA) is 77.0 Å². The number of hydrogen-bond donors (Lipinski definition) is 1. The van der Waals surface area contributed by atoms with E-state index in [1.165, 1.54) is 6.92 Å². The Bertz CT molecular complexity index is 910. The molecule has 0 spiro atoms. The van der Waals surface area contributed by atoms with E-state index < -0.39 is 5.97 Å². The van der Waals surface area contributed by atoms with Crippen molar-refractivity contribution in [2.45, 2.75) is 26.9 Å². The Hall–Kier alpha value is -3.41. The van der Waals surface area contributed by atoms with E-state index in [4.69, 9.17) is 9.47 Å². The number of carbonyl (C=O) groups is 2. The van der Waals surface area contributed by atoms with Crippen molar-refractivity contribution in [3.63, 3.8) is 0 Å². The van der Waals surface area contributed by atoms with E-state index >= 15 is 0 Å². The first-order valence-electron chi connectivity index (χ1n) is 8.58. The first kappa shape index (κ1) is 18.4. The zero-order valence-electron chi connectivity index (χ0n) is 15.4. The molecule has 0 fully saturated rings. The lowest BCUT2D eigenvalue weighted by Crippen LogP contribution is -2.07. The van der Waals surface area contributed by atoms with Gasteiger partial charge in [-0.25, -0.2) is 9.79 Å². The Morgan fingerprint density at radius 3 is 2.37 bits per heavy atom. The Labute approximate surface area is 157 Å². The standard InChI is InChI=1S/C21H20N2O4/c1-13(2)26-18-10-6-16(7-11-18)20-23-19(21(25)27-20)12-15-4-8-17(9-5-15)22-14(3)24/h4-13H,1-3H3,(H,22,24)/b19-12+. The van der Waals surface area contributed by atoms with Crippen LogP contribution < -0.4 is 10.1 Å². The lowest BCUT2D eigenvalue weighted by molar-refractivity contribution is -0.129. The van der Waals surface area contributed by atoms with Gasteiger partial charge in [-0.3, -0.25) is 4.79 Å². The van der Waals surface area contributed by atoms with Gasteiger partial charge in [0, 0.05) is 18.2 Å². The van der Waals surface area contributed by atoms with Crippen LogP contribution in [-0.2, 0) is 14.3 Å². The van der Waals surface area contributed by atoms with Crippen molar-refractivity contribution in [3.05, 3.63) is 65.4 Å². The largest absolute Gasteiger partial charge is 0.491 e. The number of amides is 1. The van der Waals surface area contributed by atoms with E-state index in [0.717, 1.165) is 11.3 Å². The van der Waals surface area contributed by atoms with Crippen LogP contribution in [0.15, 0.2) is 59.2 Å². The molecule has 1 N–H and O–H groups in total. The molecule has 138 valence electrons. The first-order valence-corrected chi connectivity index (χ1v) is 8.58. The third-order valence-electron chi connectivity index (χ3n) is 3.63. The molecule has 0 unspecified atom stereocenters. The van der Waals surface area contributed by atoms with Crippen molar-refractivity contribution in [2.75, 3.05) is 5.32 Å². The summed E-state index contributed by atoms with van der Waals surface area (Å²) in [4.78, 5) is 27.4. The summed E-state index contributed by atoms with van der Waals surface area (Å²) in [6, 6.07) is 14.3. The lowest BCUT2D eigenvalue weighted by Gasteiger charge is -2.09. The highest BCUT2D eigenvalue weighted by Gasteiger charge is 2.24. The van der Waals surface area contributed by atoms with Crippen molar-refractivity contribution >= 4 is 29.5 Å². The van der Waals surface area contributed by atoms with Crippen LogP contribution in [0.4, 0.5) is 5.69 Å². The van der Waals surface area contributed by atoms with Crippen LogP contribution in [0.2, 0.25) is 0 Å².